The fourth-order valence-corrected chi connectivity index (χ4v) is 1.99. The molecule has 2 heterocycles. The molecule has 1 fully saturated rings. The molecule has 1 unspecified atom stereocenters. The van der Waals surface area contributed by atoms with Crippen molar-refractivity contribution in [3.05, 3.63) is 12.3 Å². The van der Waals surface area contributed by atoms with Gasteiger partial charge in [0.15, 0.2) is 6.23 Å². The fraction of sp³-hybridized carbons (Fsp3) is 0.700. The van der Waals surface area contributed by atoms with Crippen LogP contribution in [0.3, 0.4) is 0 Å². The molecule has 0 radical (unpaired) electrons. The van der Waals surface area contributed by atoms with E-state index in [1.807, 2.05) is 0 Å². The van der Waals surface area contributed by atoms with Crippen LogP contribution in [-0.4, -0.2) is 74.8 Å². The van der Waals surface area contributed by atoms with Crippen LogP contribution >= 0.6 is 0 Å². The van der Waals surface area contributed by atoms with Crippen molar-refractivity contribution in [2.75, 3.05) is 13.2 Å². The molecular formula is C10H17N3O6. The van der Waals surface area contributed by atoms with Crippen LogP contribution in [0, 0.1) is 0 Å². The number of hydrogen-bond acceptors (Lipinski definition) is 7. The molecule has 2 amide bonds. The summed E-state index contributed by atoms with van der Waals surface area (Å²) in [5, 5.41) is 39.7. The maximum atomic E-state index is 11.8. The third-order valence-electron chi connectivity index (χ3n) is 3.16. The Morgan fingerprint density at radius 2 is 2.11 bits per heavy atom. The van der Waals surface area contributed by atoms with Crippen LogP contribution in [0.25, 0.3) is 0 Å². The van der Waals surface area contributed by atoms with Gasteiger partial charge in [0.05, 0.1) is 13.2 Å². The van der Waals surface area contributed by atoms with Gasteiger partial charge < -0.3 is 36.2 Å². The summed E-state index contributed by atoms with van der Waals surface area (Å²) in [7, 11) is 0. The van der Waals surface area contributed by atoms with Crippen molar-refractivity contribution < 1.29 is 30.0 Å². The van der Waals surface area contributed by atoms with Crippen molar-refractivity contribution in [3.63, 3.8) is 0 Å². The highest BCUT2D eigenvalue weighted by molar-refractivity contribution is 5.78. The molecule has 0 aromatic rings. The molecule has 7 N–H and O–H groups in total. The van der Waals surface area contributed by atoms with Crippen LogP contribution in [0.2, 0.25) is 0 Å². The molecule has 9 nitrogen and oxygen atoms in total. The number of carbonyl (C=O) groups is 1. The normalized spacial score (nSPS) is 42.6. The number of hydrogen-bond donors (Lipinski definition) is 6. The van der Waals surface area contributed by atoms with E-state index in [1.54, 1.807) is 0 Å². The minimum absolute atomic E-state index is 0.481. The zero-order valence-corrected chi connectivity index (χ0v) is 10.0. The Morgan fingerprint density at radius 3 is 2.58 bits per heavy atom. The average molecular weight is 275 g/mol. The molecule has 1 saturated heterocycles. The summed E-state index contributed by atoms with van der Waals surface area (Å²) in [4.78, 5) is 12.8. The molecule has 0 aromatic carbocycles. The van der Waals surface area contributed by atoms with Crippen molar-refractivity contribution in [1.82, 2.24) is 10.2 Å². The lowest BCUT2D eigenvalue weighted by molar-refractivity contribution is -0.0673. The van der Waals surface area contributed by atoms with Gasteiger partial charge in [-0.1, -0.05) is 0 Å². The van der Waals surface area contributed by atoms with Crippen molar-refractivity contribution in [3.8, 4) is 0 Å². The lowest BCUT2D eigenvalue weighted by Gasteiger charge is -2.36. The summed E-state index contributed by atoms with van der Waals surface area (Å²) in [5.74, 6) is 0. The number of amides is 2. The number of aliphatic hydroxyl groups is 4. The van der Waals surface area contributed by atoms with Crippen LogP contribution in [-0.2, 0) is 4.74 Å². The smallest absolute Gasteiger partial charge is 0.325 e. The largest absolute Gasteiger partial charge is 0.394 e. The quantitative estimate of drug-likeness (QED) is 0.314. The van der Waals surface area contributed by atoms with E-state index in [4.69, 9.17) is 20.7 Å². The molecule has 2 aliphatic rings. The minimum Gasteiger partial charge on any atom is -0.394 e. The molecule has 0 aromatic heterocycles. The van der Waals surface area contributed by atoms with Gasteiger partial charge in [0.1, 0.15) is 24.0 Å². The summed E-state index contributed by atoms with van der Waals surface area (Å²) in [5.41, 5.74) is 4.27. The van der Waals surface area contributed by atoms with Gasteiger partial charge in [-0.05, 0) is 6.08 Å². The van der Waals surface area contributed by atoms with E-state index in [0.29, 0.717) is 0 Å². The van der Waals surface area contributed by atoms with E-state index < -0.39 is 49.4 Å². The molecule has 0 saturated carbocycles. The van der Waals surface area contributed by atoms with E-state index in [1.165, 1.54) is 12.3 Å². The van der Waals surface area contributed by atoms with Gasteiger partial charge in [-0.15, -0.1) is 0 Å². The third kappa shape index (κ3) is 2.43. The second kappa shape index (κ2) is 5.04. The van der Waals surface area contributed by atoms with Gasteiger partial charge in [-0.2, -0.15) is 0 Å². The van der Waals surface area contributed by atoms with E-state index in [9.17, 15) is 15.0 Å². The Labute approximate surface area is 108 Å². The van der Waals surface area contributed by atoms with Crippen LogP contribution in [0.5, 0.6) is 0 Å². The van der Waals surface area contributed by atoms with Crippen molar-refractivity contribution >= 4 is 6.03 Å². The van der Waals surface area contributed by atoms with Gasteiger partial charge in [0, 0.05) is 6.20 Å². The van der Waals surface area contributed by atoms with Crippen LogP contribution < -0.4 is 11.1 Å². The Morgan fingerprint density at radius 1 is 1.42 bits per heavy atom. The summed E-state index contributed by atoms with van der Waals surface area (Å²) < 4.78 is 5.21. The molecular weight excluding hydrogens is 258 g/mol. The summed E-state index contributed by atoms with van der Waals surface area (Å²) in [6, 6.07) is -0.686. The topological polar surface area (TPSA) is 149 Å². The second-order valence-electron chi connectivity index (χ2n) is 4.58. The standard InChI is InChI=1S/C10H17N3O6/c11-10(4-15)1-2-13(9(18)12-10)8-7(17)6(16)5(3-14)19-8/h1-2,5-8,14-17H,3-4,11H2,(H,12,18)/t5-,6-,7-,8-,10?/m1/s1. The number of nitrogens with one attached hydrogen (secondary N) is 1. The highest BCUT2D eigenvalue weighted by atomic mass is 16.6. The highest BCUT2D eigenvalue weighted by Crippen LogP contribution is 2.25. The van der Waals surface area contributed by atoms with Gasteiger partial charge >= 0.3 is 6.03 Å². The van der Waals surface area contributed by atoms with E-state index in [0.717, 1.165) is 4.90 Å². The van der Waals surface area contributed by atoms with E-state index in [-0.39, 0.29) is 0 Å². The van der Waals surface area contributed by atoms with Gasteiger partial charge in [-0.25, -0.2) is 4.79 Å². The Bertz CT molecular complexity index is 391. The first-order valence-corrected chi connectivity index (χ1v) is 5.74. The maximum Gasteiger partial charge on any atom is 0.325 e. The molecule has 0 spiro atoms. The SMILES string of the molecule is NC1(CO)C=CN([C@@H]2O[C@H](CO)[C@@H](O)[C@H]2O)C(=O)N1. The predicted molar refractivity (Wildman–Crippen MR) is 61.3 cm³/mol. The molecule has 108 valence electrons. The Hall–Kier alpha value is -1.23. The Kier molecular flexibility index (Phi) is 3.76. The van der Waals surface area contributed by atoms with Crippen LogP contribution in [0.1, 0.15) is 0 Å². The third-order valence-corrected chi connectivity index (χ3v) is 3.16. The lowest BCUT2D eigenvalue weighted by atomic mass is 10.1. The molecule has 9 heteroatoms. The van der Waals surface area contributed by atoms with Crippen molar-refractivity contribution in [2.24, 2.45) is 5.73 Å². The van der Waals surface area contributed by atoms with Gasteiger partial charge in [0.2, 0.25) is 0 Å². The molecule has 2 rings (SSSR count). The molecule has 2 aliphatic heterocycles. The predicted octanol–water partition coefficient (Wildman–Crippen LogP) is -3.39. The number of nitrogens with zero attached hydrogens (tertiary/aromatic N) is 1. The first-order valence-electron chi connectivity index (χ1n) is 5.74. The molecule has 0 aliphatic carbocycles. The zero-order valence-electron chi connectivity index (χ0n) is 10.0. The second-order valence-corrected chi connectivity index (χ2v) is 4.58. The van der Waals surface area contributed by atoms with Crippen LogP contribution in [0.4, 0.5) is 4.79 Å². The fourth-order valence-electron chi connectivity index (χ4n) is 1.99. The molecule has 19 heavy (non-hydrogen) atoms. The highest BCUT2D eigenvalue weighted by Gasteiger charge is 2.47. The number of ether oxygens (including phenoxy) is 1. The monoisotopic (exact) mass is 275 g/mol. The van der Waals surface area contributed by atoms with E-state index >= 15 is 0 Å². The summed E-state index contributed by atoms with van der Waals surface area (Å²) >= 11 is 0. The number of nitrogens with two attached hydrogens (primary N) is 1. The van der Waals surface area contributed by atoms with E-state index in [2.05, 4.69) is 5.32 Å². The molecule has 5 atom stereocenters. The van der Waals surface area contributed by atoms with Crippen molar-refractivity contribution in [1.29, 1.82) is 0 Å². The summed E-state index contributed by atoms with van der Waals surface area (Å²) in [6.07, 6.45) is -2.15. The zero-order chi connectivity index (χ0) is 14.2. The van der Waals surface area contributed by atoms with Gasteiger partial charge in [-0.3, -0.25) is 4.90 Å². The minimum atomic E-state index is -1.37. The Balaban J connectivity index is 2.16. The van der Waals surface area contributed by atoms with Gasteiger partial charge in [0.25, 0.3) is 0 Å². The lowest BCUT2D eigenvalue weighted by Crippen LogP contribution is -2.64. The number of aliphatic hydroxyl groups excluding tert-OH is 4. The number of carbonyl (C=O) groups excluding carboxylic acids is 1. The maximum absolute atomic E-state index is 11.8. The molecule has 0 bridgehead atoms. The summed E-state index contributed by atoms with van der Waals surface area (Å²) in [6.45, 7) is -0.968. The average Bonchev–Trinajstić information content (AvgIpc) is 2.67. The van der Waals surface area contributed by atoms with Crippen LogP contribution in [0.15, 0.2) is 12.3 Å². The first kappa shape index (κ1) is 14.2. The first-order chi connectivity index (χ1) is 8.91. The number of rotatable bonds is 3. The van der Waals surface area contributed by atoms with Crippen molar-refractivity contribution in [2.45, 2.75) is 30.2 Å². The number of urea groups is 1.